The number of hydrogen-bond donors (Lipinski definition) is 2. The van der Waals surface area contributed by atoms with E-state index in [-0.39, 0.29) is 23.5 Å². The van der Waals surface area contributed by atoms with Crippen LogP contribution in [0.2, 0.25) is 0 Å². The van der Waals surface area contributed by atoms with Crippen LogP contribution in [0.1, 0.15) is 114 Å². The van der Waals surface area contributed by atoms with Crippen LogP contribution in [-0.4, -0.2) is 40.2 Å². The van der Waals surface area contributed by atoms with E-state index in [0.29, 0.717) is 29.9 Å². The van der Waals surface area contributed by atoms with E-state index in [1.165, 1.54) is 49.7 Å². The number of hydrogen-bond acceptors (Lipinski definition) is 3. The Morgan fingerprint density at radius 3 is 2.50 bits per heavy atom. The summed E-state index contributed by atoms with van der Waals surface area (Å²) in [5.74, 6) is 1.84. The Balaban J connectivity index is 1.44. The van der Waals surface area contributed by atoms with Gasteiger partial charge in [-0.15, -0.1) is 0 Å². The van der Waals surface area contributed by atoms with Crippen LogP contribution in [-0.2, 0) is 11.2 Å². The van der Waals surface area contributed by atoms with Crippen LogP contribution in [0.3, 0.4) is 0 Å². The summed E-state index contributed by atoms with van der Waals surface area (Å²) in [6.45, 7) is 4.54. The third-order valence-corrected chi connectivity index (χ3v) is 9.82. The maximum Gasteiger partial charge on any atom is 0.222 e. The fraction of sp³-hybridized carbons (Fsp3) is 0.767. The third-order valence-electron chi connectivity index (χ3n) is 9.82. The second-order valence-electron chi connectivity index (χ2n) is 11.8. The van der Waals surface area contributed by atoms with Gasteiger partial charge in [0.15, 0.2) is 0 Å². The molecule has 0 bridgehead atoms. The number of phenolic OH excluding ortho intramolecular Hbond substituents is 1. The average molecular weight is 470 g/mol. The fourth-order valence-electron chi connectivity index (χ4n) is 7.73. The van der Waals surface area contributed by atoms with E-state index in [2.05, 4.69) is 24.8 Å². The summed E-state index contributed by atoms with van der Waals surface area (Å²) in [5.41, 5.74) is 2.54. The number of carbonyl (C=O) groups is 1. The van der Waals surface area contributed by atoms with E-state index in [4.69, 9.17) is 0 Å². The Morgan fingerprint density at radius 2 is 1.76 bits per heavy atom. The first-order valence-electron chi connectivity index (χ1n) is 14.1. The molecule has 4 rings (SSSR count). The van der Waals surface area contributed by atoms with E-state index in [1.54, 1.807) is 0 Å². The van der Waals surface area contributed by atoms with E-state index in [9.17, 15) is 15.0 Å². The molecular weight excluding hydrogens is 422 g/mol. The number of aromatic hydroxyl groups is 1. The van der Waals surface area contributed by atoms with Crippen molar-refractivity contribution < 1.29 is 15.0 Å². The highest BCUT2D eigenvalue weighted by Crippen LogP contribution is 2.61. The zero-order valence-electron chi connectivity index (χ0n) is 21.8. The second kappa shape index (κ2) is 11.0. The van der Waals surface area contributed by atoms with Crippen LogP contribution >= 0.6 is 0 Å². The summed E-state index contributed by atoms with van der Waals surface area (Å²) < 4.78 is 0. The molecule has 2 fully saturated rings. The van der Waals surface area contributed by atoms with Gasteiger partial charge in [0, 0.05) is 19.5 Å². The van der Waals surface area contributed by atoms with Crippen LogP contribution in [0.25, 0.3) is 0 Å². The number of carbonyl (C=O) groups excluding carboxylic acids is 1. The molecule has 0 heterocycles. The molecule has 1 aromatic carbocycles. The number of benzene rings is 1. The lowest BCUT2D eigenvalue weighted by Crippen LogP contribution is -2.55. The maximum absolute atomic E-state index is 13.3. The number of aliphatic hydroxyl groups excluding tert-OH is 1. The van der Waals surface area contributed by atoms with Gasteiger partial charge in [-0.05, 0) is 85.0 Å². The SMILES string of the molecule is CCCCCCCCCCC(=O)N(C)[C@@H]1Cc2cc(O)ccc2C2CC[C@@]3(C)C(CC[C@@H]3O)C21. The molecule has 3 aliphatic rings. The van der Waals surface area contributed by atoms with Gasteiger partial charge < -0.3 is 15.1 Å². The van der Waals surface area contributed by atoms with Crippen molar-refractivity contribution in [2.75, 3.05) is 7.05 Å². The topological polar surface area (TPSA) is 60.8 Å². The zero-order chi connectivity index (χ0) is 24.3. The van der Waals surface area contributed by atoms with Gasteiger partial charge in [-0.1, -0.05) is 64.9 Å². The molecule has 0 radical (unpaired) electrons. The molecule has 6 atom stereocenters. The standard InChI is InChI=1S/C30H47NO3/c1-4-5-6-7-8-9-10-11-12-28(34)31(3)26-20-21-19-22(32)13-14-23(21)24-17-18-30(2)25(29(24)26)15-16-27(30)33/h13-14,19,24-27,29,32-33H,4-12,15-18,20H2,1-3H3/t24?,25?,26-,27+,29?,30+/m1/s1. The van der Waals surface area contributed by atoms with E-state index >= 15 is 0 Å². The van der Waals surface area contributed by atoms with E-state index in [0.717, 1.165) is 44.9 Å². The normalized spacial score (nSPS) is 32.1. The number of likely N-dealkylation sites (N-methyl/N-ethyl adjacent to an activating group) is 1. The van der Waals surface area contributed by atoms with Crippen molar-refractivity contribution >= 4 is 5.91 Å². The van der Waals surface area contributed by atoms with Crippen molar-refractivity contribution in [2.45, 2.75) is 122 Å². The van der Waals surface area contributed by atoms with Crippen LogP contribution in [0.4, 0.5) is 0 Å². The van der Waals surface area contributed by atoms with Crippen LogP contribution in [0.5, 0.6) is 5.75 Å². The smallest absolute Gasteiger partial charge is 0.222 e. The average Bonchev–Trinajstić information content (AvgIpc) is 3.13. The minimum absolute atomic E-state index is 0.0322. The number of unbranched alkanes of at least 4 members (excludes halogenated alkanes) is 7. The molecule has 1 amide bonds. The van der Waals surface area contributed by atoms with Crippen molar-refractivity contribution in [3.63, 3.8) is 0 Å². The summed E-state index contributed by atoms with van der Waals surface area (Å²) >= 11 is 0. The molecular formula is C30H47NO3. The van der Waals surface area contributed by atoms with Crippen molar-refractivity contribution in [3.05, 3.63) is 29.3 Å². The molecule has 0 aliphatic heterocycles. The highest BCUT2D eigenvalue weighted by molar-refractivity contribution is 5.76. The Morgan fingerprint density at radius 1 is 1.06 bits per heavy atom. The first-order valence-corrected chi connectivity index (χ1v) is 14.1. The minimum Gasteiger partial charge on any atom is -0.508 e. The third kappa shape index (κ3) is 5.03. The minimum atomic E-state index is -0.223. The van der Waals surface area contributed by atoms with E-state index < -0.39 is 0 Å². The zero-order valence-corrected chi connectivity index (χ0v) is 21.8. The molecule has 34 heavy (non-hydrogen) atoms. The molecule has 4 heteroatoms. The van der Waals surface area contributed by atoms with Crippen LogP contribution in [0.15, 0.2) is 18.2 Å². The Bertz CT molecular complexity index is 838. The maximum atomic E-state index is 13.3. The first-order chi connectivity index (χ1) is 16.4. The monoisotopic (exact) mass is 469 g/mol. The molecule has 190 valence electrons. The first kappa shape index (κ1) is 25.5. The molecule has 3 aliphatic carbocycles. The Labute approximate surface area is 207 Å². The molecule has 0 spiro atoms. The lowest BCUT2D eigenvalue weighted by Gasteiger charge is -2.54. The summed E-state index contributed by atoms with van der Waals surface area (Å²) in [4.78, 5) is 15.4. The van der Waals surface area contributed by atoms with Gasteiger partial charge in [0.1, 0.15) is 5.75 Å². The molecule has 4 nitrogen and oxygen atoms in total. The molecule has 0 saturated heterocycles. The van der Waals surface area contributed by atoms with Gasteiger partial charge in [0.25, 0.3) is 0 Å². The number of amides is 1. The number of nitrogens with zero attached hydrogens (tertiary/aromatic N) is 1. The van der Waals surface area contributed by atoms with Gasteiger partial charge in [0.2, 0.25) is 5.91 Å². The number of aliphatic hydroxyl groups is 1. The Hall–Kier alpha value is -1.55. The van der Waals surface area contributed by atoms with Gasteiger partial charge in [0.05, 0.1) is 6.10 Å². The second-order valence-corrected chi connectivity index (χ2v) is 11.8. The highest BCUT2D eigenvalue weighted by Gasteiger charge is 2.57. The van der Waals surface area contributed by atoms with Crippen LogP contribution < -0.4 is 0 Å². The lowest BCUT2D eigenvalue weighted by atomic mass is 9.54. The van der Waals surface area contributed by atoms with Crippen molar-refractivity contribution in [1.82, 2.24) is 4.90 Å². The van der Waals surface area contributed by atoms with E-state index in [1.807, 2.05) is 19.2 Å². The van der Waals surface area contributed by atoms with Gasteiger partial charge in [-0.2, -0.15) is 0 Å². The summed E-state index contributed by atoms with van der Waals surface area (Å²) in [6.07, 6.45) is 15.2. The number of rotatable bonds is 10. The van der Waals surface area contributed by atoms with Gasteiger partial charge in [-0.25, -0.2) is 0 Å². The van der Waals surface area contributed by atoms with Crippen molar-refractivity contribution in [3.8, 4) is 5.75 Å². The van der Waals surface area contributed by atoms with Crippen molar-refractivity contribution in [2.24, 2.45) is 17.3 Å². The predicted molar refractivity (Wildman–Crippen MR) is 138 cm³/mol. The predicted octanol–water partition coefficient (Wildman–Crippen LogP) is 6.58. The number of phenols is 1. The van der Waals surface area contributed by atoms with Gasteiger partial charge >= 0.3 is 0 Å². The molecule has 1 aromatic rings. The quantitative estimate of drug-likeness (QED) is 0.381. The lowest BCUT2D eigenvalue weighted by molar-refractivity contribution is -0.136. The summed E-state index contributed by atoms with van der Waals surface area (Å²) in [5, 5.41) is 21.0. The fourth-order valence-corrected chi connectivity index (χ4v) is 7.73. The van der Waals surface area contributed by atoms with Gasteiger partial charge in [-0.3, -0.25) is 4.79 Å². The highest BCUT2D eigenvalue weighted by atomic mass is 16.3. The van der Waals surface area contributed by atoms with Crippen molar-refractivity contribution in [1.29, 1.82) is 0 Å². The molecule has 3 unspecified atom stereocenters. The Kier molecular flexibility index (Phi) is 8.28. The largest absolute Gasteiger partial charge is 0.508 e. The summed E-state index contributed by atoms with van der Waals surface area (Å²) in [6, 6.07) is 6.02. The molecule has 0 aromatic heterocycles. The summed E-state index contributed by atoms with van der Waals surface area (Å²) in [7, 11) is 2.01. The molecule has 2 saturated carbocycles. The molecule has 2 N–H and O–H groups in total. The number of fused-ring (bicyclic) bond motifs is 5. The van der Waals surface area contributed by atoms with Crippen LogP contribution in [0, 0.1) is 17.3 Å².